The smallest absolute Gasteiger partial charge is 0.250 e. The van der Waals surface area contributed by atoms with Gasteiger partial charge in [-0.2, -0.15) is 11.3 Å². The molecule has 2 heterocycles. The molecule has 0 bridgehead atoms. The zero-order chi connectivity index (χ0) is 17.1. The van der Waals surface area contributed by atoms with E-state index in [1.165, 1.54) is 5.56 Å². The molecule has 126 valence electrons. The molecule has 1 aliphatic rings. The van der Waals surface area contributed by atoms with Crippen LogP contribution >= 0.6 is 27.3 Å². The molecule has 1 N–H and O–H groups in total. The first-order valence-corrected chi connectivity index (χ1v) is 9.38. The number of benzene rings is 1. The maximum atomic E-state index is 12.5. The molecule has 0 saturated carbocycles. The summed E-state index contributed by atoms with van der Waals surface area (Å²) < 4.78 is 6.65. The number of carbonyl (C=O) groups is 1. The standard InChI is InChI=1S/C18H19BrN2O2S/c1-21(2)16(12-5-6-24-11-12)9-20-18(22)14-7-13-8-15(19)3-4-17(13)23-10-14/h3-8,11,16H,9-10H2,1-2H3,(H,20,22)/t16-/m0/s1. The normalized spacial score (nSPS) is 14.6. The van der Waals surface area contributed by atoms with Crippen molar-refractivity contribution in [3.05, 3.63) is 56.2 Å². The Hall–Kier alpha value is -1.63. The Balaban J connectivity index is 1.69. The van der Waals surface area contributed by atoms with Crippen molar-refractivity contribution in [3.63, 3.8) is 0 Å². The van der Waals surface area contributed by atoms with Crippen molar-refractivity contribution in [2.75, 3.05) is 27.2 Å². The molecule has 24 heavy (non-hydrogen) atoms. The Kier molecular flexibility index (Phi) is 5.38. The Bertz CT molecular complexity index is 756. The van der Waals surface area contributed by atoms with Gasteiger partial charge in [-0.05, 0) is 60.8 Å². The van der Waals surface area contributed by atoms with Crippen LogP contribution < -0.4 is 10.1 Å². The molecule has 1 amide bonds. The van der Waals surface area contributed by atoms with Gasteiger partial charge in [0.25, 0.3) is 5.91 Å². The third-order valence-electron chi connectivity index (χ3n) is 3.98. The summed E-state index contributed by atoms with van der Waals surface area (Å²) in [4.78, 5) is 14.6. The molecule has 0 saturated heterocycles. The molecule has 1 aromatic heterocycles. The highest BCUT2D eigenvalue weighted by Gasteiger charge is 2.20. The molecular weight excluding hydrogens is 388 g/mol. The number of likely N-dealkylation sites (N-methyl/N-ethyl adjacent to an activating group) is 1. The highest BCUT2D eigenvalue weighted by molar-refractivity contribution is 9.10. The summed E-state index contributed by atoms with van der Waals surface area (Å²) in [5.41, 5.74) is 2.78. The Morgan fingerprint density at radius 2 is 2.25 bits per heavy atom. The van der Waals surface area contributed by atoms with E-state index in [0.717, 1.165) is 15.8 Å². The van der Waals surface area contributed by atoms with Crippen LogP contribution in [0.25, 0.3) is 6.08 Å². The molecule has 3 rings (SSSR count). The lowest BCUT2D eigenvalue weighted by molar-refractivity contribution is -0.118. The molecule has 1 atom stereocenters. The molecule has 1 aromatic carbocycles. The fourth-order valence-corrected chi connectivity index (χ4v) is 3.73. The van der Waals surface area contributed by atoms with Gasteiger partial charge in [0.1, 0.15) is 12.4 Å². The SMILES string of the molecule is CN(C)[C@@H](CNC(=O)C1=Cc2cc(Br)ccc2OC1)c1ccsc1. The molecule has 6 heteroatoms. The monoisotopic (exact) mass is 406 g/mol. The maximum absolute atomic E-state index is 12.5. The molecular formula is C18H19BrN2O2S. The summed E-state index contributed by atoms with van der Waals surface area (Å²) in [6, 6.07) is 8.05. The Morgan fingerprint density at radius 3 is 2.96 bits per heavy atom. The molecule has 0 spiro atoms. The molecule has 0 unspecified atom stereocenters. The van der Waals surface area contributed by atoms with Crippen molar-refractivity contribution in [2.45, 2.75) is 6.04 Å². The highest BCUT2D eigenvalue weighted by atomic mass is 79.9. The van der Waals surface area contributed by atoms with E-state index < -0.39 is 0 Å². The number of halogens is 1. The van der Waals surface area contributed by atoms with Crippen LogP contribution in [0.4, 0.5) is 0 Å². The predicted molar refractivity (Wildman–Crippen MR) is 101 cm³/mol. The van der Waals surface area contributed by atoms with Crippen molar-refractivity contribution in [3.8, 4) is 5.75 Å². The van der Waals surface area contributed by atoms with Crippen molar-refractivity contribution in [1.82, 2.24) is 10.2 Å². The van der Waals surface area contributed by atoms with Gasteiger partial charge in [-0.3, -0.25) is 4.79 Å². The minimum Gasteiger partial charge on any atom is -0.488 e. The molecule has 4 nitrogen and oxygen atoms in total. The van der Waals surface area contributed by atoms with Crippen LogP contribution in [-0.4, -0.2) is 38.1 Å². The third kappa shape index (κ3) is 3.88. The minimum absolute atomic E-state index is 0.0808. The van der Waals surface area contributed by atoms with Crippen LogP contribution in [0.2, 0.25) is 0 Å². The van der Waals surface area contributed by atoms with Crippen LogP contribution in [-0.2, 0) is 4.79 Å². The van der Waals surface area contributed by atoms with Crippen LogP contribution in [0.3, 0.4) is 0 Å². The average Bonchev–Trinajstić information content (AvgIpc) is 3.08. The number of amides is 1. The number of nitrogens with zero attached hydrogens (tertiary/aromatic N) is 1. The van der Waals surface area contributed by atoms with Crippen LogP contribution in [0.15, 0.2) is 45.1 Å². The number of hydrogen-bond donors (Lipinski definition) is 1. The third-order valence-corrected chi connectivity index (χ3v) is 5.18. The number of hydrogen-bond acceptors (Lipinski definition) is 4. The van der Waals surface area contributed by atoms with Gasteiger partial charge in [-0.15, -0.1) is 0 Å². The van der Waals surface area contributed by atoms with Gasteiger partial charge >= 0.3 is 0 Å². The zero-order valence-corrected chi connectivity index (χ0v) is 16.0. The second-order valence-corrected chi connectivity index (χ2v) is 7.58. The van der Waals surface area contributed by atoms with Gasteiger partial charge < -0.3 is 15.0 Å². The number of nitrogens with one attached hydrogen (secondary N) is 1. The van der Waals surface area contributed by atoms with E-state index in [9.17, 15) is 4.79 Å². The lowest BCUT2D eigenvalue weighted by Crippen LogP contribution is -2.36. The van der Waals surface area contributed by atoms with Crippen molar-refractivity contribution in [2.24, 2.45) is 0 Å². The number of carbonyl (C=O) groups excluding carboxylic acids is 1. The molecule has 0 radical (unpaired) electrons. The van der Waals surface area contributed by atoms with Gasteiger partial charge in [0, 0.05) is 16.6 Å². The zero-order valence-electron chi connectivity index (χ0n) is 13.6. The first kappa shape index (κ1) is 17.2. The van der Waals surface area contributed by atoms with E-state index in [-0.39, 0.29) is 11.9 Å². The summed E-state index contributed by atoms with van der Waals surface area (Å²) in [7, 11) is 4.04. The molecule has 0 aliphatic carbocycles. The molecule has 0 fully saturated rings. The lowest BCUT2D eigenvalue weighted by atomic mass is 10.1. The summed E-state index contributed by atoms with van der Waals surface area (Å²) in [5.74, 6) is 0.724. The largest absolute Gasteiger partial charge is 0.488 e. The van der Waals surface area contributed by atoms with Gasteiger partial charge in [-0.1, -0.05) is 15.9 Å². The second kappa shape index (κ2) is 7.51. The van der Waals surface area contributed by atoms with Crippen LogP contribution in [0.5, 0.6) is 5.75 Å². The van der Waals surface area contributed by atoms with E-state index in [1.54, 1.807) is 11.3 Å². The Labute approximate surface area is 154 Å². The summed E-state index contributed by atoms with van der Waals surface area (Å²) in [6.07, 6.45) is 1.90. The van der Waals surface area contributed by atoms with Gasteiger partial charge in [0.05, 0.1) is 11.6 Å². The van der Waals surface area contributed by atoms with Crippen LogP contribution in [0, 0.1) is 0 Å². The Morgan fingerprint density at radius 1 is 1.42 bits per heavy atom. The maximum Gasteiger partial charge on any atom is 0.250 e. The second-order valence-electron chi connectivity index (χ2n) is 5.89. The van der Waals surface area contributed by atoms with E-state index in [2.05, 4.69) is 43.0 Å². The molecule has 2 aromatic rings. The van der Waals surface area contributed by atoms with Crippen LogP contribution in [0.1, 0.15) is 17.2 Å². The summed E-state index contributed by atoms with van der Waals surface area (Å²) in [6.45, 7) is 0.858. The van der Waals surface area contributed by atoms with E-state index in [0.29, 0.717) is 18.7 Å². The average molecular weight is 407 g/mol. The molecule has 1 aliphatic heterocycles. The lowest BCUT2D eigenvalue weighted by Gasteiger charge is -2.25. The number of ether oxygens (including phenoxy) is 1. The van der Waals surface area contributed by atoms with Gasteiger partial charge in [0.15, 0.2) is 0 Å². The first-order valence-electron chi connectivity index (χ1n) is 7.64. The summed E-state index contributed by atoms with van der Waals surface area (Å²) in [5, 5.41) is 7.21. The van der Waals surface area contributed by atoms with E-state index >= 15 is 0 Å². The van der Waals surface area contributed by atoms with Crippen molar-refractivity contribution in [1.29, 1.82) is 0 Å². The van der Waals surface area contributed by atoms with Gasteiger partial charge in [-0.25, -0.2) is 0 Å². The van der Waals surface area contributed by atoms with E-state index in [1.807, 2.05) is 38.4 Å². The fourth-order valence-electron chi connectivity index (χ4n) is 2.65. The minimum atomic E-state index is -0.0808. The topological polar surface area (TPSA) is 41.6 Å². The van der Waals surface area contributed by atoms with Crippen molar-refractivity contribution < 1.29 is 9.53 Å². The number of thiophene rings is 1. The quantitative estimate of drug-likeness (QED) is 0.822. The number of fused-ring (bicyclic) bond motifs is 1. The summed E-state index contributed by atoms with van der Waals surface area (Å²) >= 11 is 5.11. The first-order chi connectivity index (χ1) is 11.5. The fraction of sp³-hybridized carbons (Fsp3) is 0.278. The highest BCUT2D eigenvalue weighted by Crippen LogP contribution is 2.29. The van der Waals surface area contributed by atoms with Gasteiger partial charge in [0.2, 0.25) is 0 Å². The van der Waals surface area contributed by atoms with Crippen molar-refractivity contribution >= 4 is 39.2 Å². The van der Waals surface area contributed by atoms with E-state index in [4.69, 9.17) is 4.74 Å². The predicted octanol–water partition coefficient (Wildman–Crippen LogP) is 3.71. The number of rotatable bonds is 5.